The fourth-order valence-corrected chi connectivity index (χ4v) is 5.16. The van der Waals surface area contributed by atoms with Gasteiger partial charge in [-0.3, -0.25) is 4.79 Å². The molecule has 1 fully saturated rings. The van der Waals surface area contributed by atoms with E-state index in [0.717, 1.165) is 12.8 Å². The van der Waals surface area contributed by atoms with Gasteiger partial charge in [-0.25, -0.2) is 0 Å². The standard InChI is InChI=1S/C8H17IO3P2S/c1-3-6-4-7(15(9,13)14)8(12-6)11-5(2)10/h6-8,13,15H,3-4,14H2,1-2H3/t6-,7?,8-/m1/s1/i15T. The van der Waals surface area contributed by atoms with Crippen molar-refractivity contribution in [1.82, 2.24) is 0 Å². The molecule has 1 rings (SSSR count). The molecule has 3 nitrogen and oxygen atoms in total. The SMILES string of the molecule is [3H]S(=P)(P)(I)C1C[C@@H](CC)O[C@H]1OC(C)=O. The maximum atomic E-state index is 11.0. The fourth-order valence-electron chi connectivity index (χ4n) is 1.53. The molecule has 0 radical (unpaired) electrons. The topological polar surface area (TPSA) is 35.5 Å². The van der Waals surface area contributed by atoms with Crippen molar-refractivity contribution in [2.75, 3.05) is 0 Å². The molecule has 1 saturated heterocycles. The molecule has 2 unspecified atom stereocenters. The molecule has 90 valence electrons. The maximum Gasteiger partial charge on any atom is 0.304 e. The van der Waals surface area contributed by atoms with Crippen LogP contribution >= 0.6 is 37.7 Å². The Kier molecular flexibility index (Phi) is 4.84. The highest BCUT2D eigenvalue weighted by Gasteiger charge is 2.39. The van der Waals surface area contributed by atoms with Crippen molar-refractivity contribution in [3.05, 3.63) is 0 Å². The summed E-state index contributed by atoms with van der Waals surface area (Å²) >= 11 is 2.08. The number of ether oxygens (including phenoxy) is 2. The molecule has 0 aliphatic carbocycles. The average molecular weight is 384 g/mol. The molecular formula is C8H17IO3P2S. The van der Waals surface area contributed by atoms with Gasteiger partial charge in [0.15, 0.2) is 0 Å². The highest BCUT2D eigenvalue weighted by atomic mass is 127. The summed E-state index contributed by atoms with van der Waals surface area (Å²) in [5, 5.41) is -0.117. The maximum absolute atomic E-state index is 11.0. The normalized spacial score (nSPS) is 35.3. The van der Waals surface area contributed by atoms with Crippen LogP contribution in [0.25, 0.3) is 0 Å². The summed E-state index contributed by atoms with van der Waals surface area (Å²) in [4.78, 5) is 11.0. The van der Waals surface area contributed by atoms with E-state index in [0.29, 0.717) is 0 Å². The smallest absolute Gasteiger partial charge is 0.304 e. The Hall–Kier alpha value is 1.24. The number of thiol groups is 1. The van der Waals surface area contributed by atoms with Crippen molar-refractivity contribution in [3.63, 3.8) is 0 Å². The molecular weight excluding hydrogens is 365 g/mol. The Labute approximate surface area is 109 Å². The van der Waals surface area contributed by atoms with Crippen LogP contribution in [0, 0.1) is 0 Å². The highest BCUT2D eigenvalue weighted by Crippen LogP contribution is 2.43. The third-order valence-corrected chi connectivity index (χ3v) is 7.52. The molecule has 0 aromatic heterocycles. The van der Waals surface area contributed by atoms with Gasteiger partial charge in [-0.15, -0.1) is 0 Å². The number of halogens is 1. The minimum Gasteiger partial charge on any atom is -0.435 e. The van der Waals surface area contributed by atoms with Crippen molar-refractivity contribution in [1.29, 1.82) is 1.12 Å². The van der Waals surface area contributed by atoms with Gasteiger partial charge in [-0.1, -0.05) is 23.4 Å². The van der Waals surface area contributed by atoms with Crippen molar-refractivity contribution >= 4 is 49.5 Å². The number of esters is 1. The van der Waals surface area contributed by atoms with E-state index in [2.05, 4.69) is 37.7 Å². The third kappa shape index (κ3) is 4.19. The van der Waals surface area contributed by atoms with Crippen LogP contribution in [0.1, 0.15) is 26.7 Å². The van der Waals surface area contributed by atoms with Gasteiger partial charge in [0, 0.05) is 6.92 Å². The van der Waals surface area contributed by atoms with E-state index in [1.165, 1.54) is 6.92 Å². The van der Waals surface area contributed by atoms with Crippen molar-refractivity contribution < 1.29 is 14.3 Å². The van der Waals surface area contributed by atoms with Crippen LogP contribution in [0.5, 0.6) is 0 Å². The Bertz CT molecular complexity index is 348. The first-order valence-electron chi connectivity index (χ1n) is 5.12. The molecule has 7 heteroatoms. The lowest BCUT2D eigenvalue weighted by molar-refractivity contribution is -0.172. The Morgan fingerprint density at radius 3 is 2.93 bits per heavy atom. The van der Waals surface area contributed by atoms with Crippen molar-refractivity contribution in [3.8, 4) is 0 Å². The average Bonchev–Trinajstić information content (AvgIpc) is 2.44. The summed E-state index contributed by atoms with van der Waals surface area (Å²) in [5.74, 6) is -2.95. The molecule has 0 bridgehead atoms. The van der Waals surface area contributed by atoms with E-state index < -0.39 is 12.2 Å². The monoisotopic (exact) mass is 384 g/mol. The second-order valence-electron chi connectivity index (χ2n) is 3.55. The minimum absolute atomic E-state index is 0.0712. The molecule has 15 heavy (non-hydrogen) atoms. The van der Waals surface area contributed by atoms with Crippen LogP contribution in [0.15, 0.2) is 0 Å². The molecule has 4 atom stereocenters. The van der Waals surface area contributed by atoms with E-state index in [4.69, 9.17) is 10.6 Å². The van der Waals surface area contributed by atoms with Crippen LogP contribution in [0.4, 0.5) is 0 Å². The van der Waals surface area contributed by atoms with Gasteiger partial charge in [0.2, 0.25) is 6.29 Å². The van der Waals surface area contributed by atoms with Crippen molar-refractivity contribution in [2.45, 2.75) is 44.3 Å². The van der Waals surface area contributed by atoms with Crippen LogP contribution in [0.3, 0.4) is 0 Å². The van der Waals surface area contributed by atoms with Gasteiger partial charge in [0.25, 0.3) is 0 Å². The number of hydrogen-bond acceptors (Lipinski definition) is 3. The Morgan fingerprint density at radius 1 is 1.93 bits per heavy atom. The zero-order valence-corrected chi connectivity index (χ0v) is 13.9. The summed E-state index contributed by atoms with van der Waals surface area (Å²) in [6.45, 7) is 3.39. The highest BCUT2D eigenvalue weighted by molar-refractivity contribution is 14.2. The zero-order valence-electron chi connectivity index (χ0n) is 9.73. The molecule has 0 aromatic rings. The number of carbonyl (C=O) groups is 1. The van der Waals surface area contributed by atoms with Gasteiger partial charge in [0.05, 0.1) is 12.5 Å². The van der Waals surface area contributed by atoms with Gasteiger partial charge in [0.1, 0.15) is 0 Å². The molecule has 0 amide bonds. The summed E-state index contributed by atoms with van der Waals surface area (Å²) < 4.78 is 19.1. The predicted octanol–water partition coefficient (Wildman–Crippen LogP) is 2.53. The first-order chi connectivity index (χ1) is 7.10. The van der Waals surface area contributed by atoms with Crippen molar-refractivity contribution in [2.24, 2.45) is 0 Å². The molecule has 0 spiro atoms. The van der Waals surface area contributed by atoms with E-state index >= 15 is 0 Å². The predicted molar refractivity (Wildman–Crippen MR) is 79.9 cm³/mol. The van der Waals surface area contributed by atoms with Crippen LogP contribution < -0.4 is 0 Å². The van der Waals surface area contributed by atoms with Gasteiger partial charge < -0.3 is 9.47 Å². The fraction of sp³-hybridized carbons (Fsp3) is 0.875. The summed E-state index contributed by atoms with van der Waals surface area (Å²) in [6.07, 6.45) is 1.08. The minimum atomic E-state index is -2.59. The largest absolute Gasteiger partial charge is 0.435 e. The molecule has 0 N–H and O–H groups in total. The Morgan fingerprint density at radius 2 is 2.53 bits per heavy atom. The second-order valence-corrected chi connectivity index (χ2v) is 20.8. The van der Waals surface area contributed by atoms with Crippen LogP contribution in [-0.2, 0) is 20.2 Å². The van der Waals surface area contributed by atoms with E-state index in [1.54, 1.807) is 0 Å². The lowest BCUT2D eigenvalue weighted by Crippen LogP contribution is -2.30. The summed E-state index contributed by atoms with van der Waals surface area (Å²) in [6, 6.07) is 0. The molecule has 0 aromatic carbocycles. The zero-order chi connectivity index (χ0) is 12.6. The third-order valence-electron chi connectivity index (χ3n) is 2.30. The first kappa shape index (κ1) is 12.7. The number of carbonyl (C=O) groups excluding carboxylic acids is 1. The first-order valence-corrected chi connectivity index (χ1v) is 11.7. The van der Waals surface area contributed by atoms with Gasteiger partial charge in [-0.2, -0.15) is 5.90 Å². The molecule has 1 aliphatic rings. The Balaban J connectivity index is 2.89. The molecule has 1 aliphatic heterocycles. The number of hydrogen-bond donors (Lipinski definition) is 1. The lowest BCUT2D eigenvalue weighted by Gasteiger charge is -2.26. The number of rotatable bonds is 3. The van der Waals surface area contributed by atoms with Crippen LogP contribution in [-0.4, -0.2) is 24.7 Å². The molecule has 1 heterocycles. The summed E-state index contributed by atoms with van der Waals surface area (Å²) in [7, 11) is 6.05. The van der Waals surface area contributed by atoms with E-state index in [9.17, 15) is 4.79 Å². The lowest BCUT2D eigenvalue weighted by atomic mass is 10.2. The summed E-state index contributed by atoms with van der Waals surface area (Å²) in [5.41, 5.74) is 0. The van der Waals surface area contributed by atoms with Crippen LogP contribution in [0.2, 0.25) is 0 Å². The molecule has 0 saturated carbocycles. The second kappa shape index (κ2) is 5.72. The van der Waals surface area contributed by atoms with E-state index in [-0.39, 0.29) is 17.3 Å². The quantitative estimate of drug-likeness (QED) is 0.352. The van der Waals surface area contributed by atoms with E-state index in [1.807, 2.05) is 6.92 Å². The van der Waals surface area contributed by atoms with Gasteiger partial charge in [-0.05, 0) is 34.0 Å². The van der Waals surface area contributed by atoms with Gasteiger partial charge >= 0.3 is 5.97 Å².